The molecule has 1 heterocycles. The van der Waals surface area contributed by atoms with E-state index in [1.807, 2.05) is 19.1 Å². The number of hydrogen-bond acceptors (Lipinski definition) is 4. The van der Waals surface area contributed by atoms with E-state index in [1.165, 1.54) is 0 Å². The highest BCUT2D eigenvalue weighted by molar-refractivity contribution is 6.25. The molecule has 0 unspecified atom stereocenters. The Bertz CT molecular complexity index is 695. The van der Waals surface area contributed by atoms with Crippen molar-refractivity contribution < 1.29 is 4.79 Å². The molecule has 2 aromatic rings. The van der Waals surface area contributed by atoms with Crippen LogP contribution < -0.4 is 5.32 Å². The summed E-state index contributed by atoms with van der Waals surface area (Å²) in [5.41, 5.74) is 2.87. The molecule has 1 fully saturated rings. The first-order valence-corrected chi connectivity index (χ1v) is 6.81. The van der Waals surface area contributed by atoms with Crippen molar-refractivity contribution in [2.75, 3.05) is 5.32 Å². The second-order valence-corrected chi connectivity index (χ2v) is 5.64. The molecule has 0 atom stereocenters. The molecule has 100 valence electrons. The van der Waals surface area contributed by atoms with Gasteiger partial charge < -0.3 is 5.32 Å². The number of nitrogens with one attached hydrogen (secondary N) is 1. The normalized spacial score (nSPS) is 16.1. The predicted molar refractivity (Wildman–Crippen MR) is 80.4 cm³/mol. The minimum absolute atomic E-state index is 0.0187. The second-order valence-electron chi connectivity index (χ2n) is 5.64. The van der Waals surface area contributed by atoms with Gasteiger partial charge in [-0.1, -0.05) is 6.07 Å². The standard InChI is InChI=1S/C15H16BN3O/c1-9-14(19-15(2)6-7-15)18-13-10(12(20)8-16)4-3-5-11(13)17-9/h3-5H,6-8H2,1-2H3,(H,18,19). The van der Waals surface area contributed by atoms with E-state index in [-0.39, 0.29) is 17.6 Å². The van der Waals surface area contributed by atoms with Crippen LogP contribution in [0.3, 0.4) is 0 Å². The van der Waals surface area contributed by atoms with Gasteiger partial charge in [0.1, 0.15) is 11.3 Å². The summed E-state index contributed by atoms with van der Waals surface area (Å²) < 4.78 is 0. The molecular weight excluding hydrogens is 249 g/mol. The van der Waals surface area contributed by atoms with Gasteiger partial charge in [-0.25, -0.2) is 9.97 Å². The van der Waals surface area contributed by atoms with Crippen LogP contribution in [0.4, 0.5) is 5.82 Å². The summed E-state index contributed by atoms with van der Waals surface area (Å²) in [5, 5.41) is 3.42. The number of aromatic nitrogens is 2. The van der Waals surface area contributed by atoms with Crippen LogP contribution in [0.25, 0.3) is 11.0 Å². The monoisotopic (exact) mass is 265 g/mol. The smallest absolute Gasteiger partial charge is 0.156 e. The van der Waals surface area contributed by atoms with Gasteiger partial charge in [0.25, 0.3) is 0 Å². The number of aryl methyl sites for hydroxylation is 1. The maximum atomic E-state index is 11.9. The van der Waals surface area contributed by atoms with E-state index in [0.29, 0.717) is 11.1 Å². The van der Waals surface area contributed by atoms with Gasteiger partial charge in [-0.2, -0.15) is 0 Å². The maximum Gasteiger partial charge on any atom is 0.156 e. The molecule has 1 aromatic heterocycles. The third-order valence-corrected chi connectivity index (χ3v) is 3.78. The SMILES string of the molecule is [B]CC(=O)c1cccc2nc(C)c(NC3(C)CC3)nc12. The number of Topliss-reactive ketones (excluding diaryl/α,β-unsaturated/α-hetero) is 1. The Balaban J connectivity index is 2.13. The maximum absolute atomic E-state index is 11.9. The quantitative estimate of drug-likeness (QED) is 0.682. The first-order chi connectivity index (χ1) is 9.52. The minimum Gasteiger partial charge on any atom is -0.363 e. The predicted octanol–water partition coefficient (Wildman–Crippen LogP) is 2.67. The first kappa shape index (κ1) is 13.1. The minimum atomic E-state index is -0.114. The fraction of sp³-hybridized carbons (Fsp3) is 0.400. The number of anilines is 1. The highest BCUT2D eigenvalue weighted by atomic mass is 16.1. The van der Waals surface area contributed by atoms with Gasteiger partial charge in [0.2, 0.25) is 0 Å². The lowest BCUT2D eigenvalue weighted by atomic mass is 9.95. The zero-order valence-corrected chi connectivity index (χ0v) is 11.7. The Morgan fingerprint density at radius 1 is 1.40 bits per heavy atom. The average molecular weight is 265 g/mol. The average Bonchev–Trinajstić information content (AvgIpc) is 3.16. The van der Waals surface area contributed by atoms with Crippen molar-refractivity contribution in [2.45, 2.75) is 38.5 Å². The van der Waals surface area contributed by atoms with E-state index >= 15 is 0 Å². The molecule has 1 aliphatic rings. The van der Waals surface area contributed by atoms with Crippen molar-refractivity contribution in [2.24, 2.45) is 0 Å². The lowest BCUT2D eigenvalue weighted by molar-refractivity contribution is 0.101. The molecule has 2 radical (unpaired) electrons. The molecular formula is C15H16BN3O. The number of benzene rings is 1. The van der Waals surface area contributed by atoms with Gasteiger partial charge in [0.05, 0.1) is 19.1 Å². The highest BCUT2D eigenvalue weighted by Crippen LogP contribution is 2.38. The van der Waals surface area contributed by atoms with Crippen LogP contribution in [0, 0.1) is 6.92 Å². The summed E-state index contributed by atoms with van der Waals surface area (Å²) in [7, 11) is 5.46. The molecule has 1 aromatic carbocycles. The summed E-state index contributed by atoms with van der Waals surface area (Å²) >= 11 is 0. The van der Waals surface area contributed by atoms with Crippen molar-refractivity contribution in [3.05, 3.63) is 29.5 Å². The topological polar surface area (TPSA) is 54.9 Å². The van der Waals surface area contributed by atoms with Crippen LogP contribution in [0.15, 0.2) is 18.2 Å². The Hall–Kier alpha value is -1.91. The molecule has 0 bridgehead atoms. The zero-order valence-electron chi connectivity index (χ0n) is 11.7. The third-order valence-electron chi connectivity index (χ3n) is 3.78. The van der Waals surface area contributed by atoms with Crippen LogP contribution in [0.2, 0.25) is 6.32 Å². The summed E-state index contributed by atoms with van der Waals surface area (Å²) in [6.45, 7) is 4.09. The molecule has 3 rings (SSSR count). The third kappa shape index (κ3) is 2.28. The molecule has 0 saturated heterocycles. The number of rotatable bonds is 4. The second kappa shape index (κ2) is 4.58. The Morgan fingerprint density at radius 3 is 2.80 bits per heavy atom. The van der Waals surface area contributed by atoms with Gasteiger partial charge in [0, 0.05) is 11.1 Å². The van der Waals surface area contributed by atoms with Gasteiger partial charge in [-0.15, -0.1) is 0 Å². The van der Waals surface area contributed by atoms with Crippen molar-refractivity contribution in [1.29, 1.82) is 0 Å². The zero-order chi connectivity index (χ0) is 14.3. The number of carbonyl (C=O) groups is 1. The van der Waals surface area contributed by atoms with Crippen molar-refractivity contribution in [3.8, 4) is 0 Å². The fourth-order valence-electron chi connectivity index (χ4n) is 2.22. The number of fused-ring (bicyclic) bond motifs is 1. The molecule has 0 amide bonds. The Morgan fingerprint density at radius 2 is 2.15 bits per heavy atom. The summed E-state index contributed by atoms with van der Waals surface area (Å²) in [6.07, 6.45) is 2.25. The highest BCUT2D eigenvalue weighted by Gasteiger charge is 2.38. The van der Waals surface area contributed by atoms with Crippen LogP contribution in [-0.2, 0) is 0 Å². The number of ketones is 1. The van der Waals surface area contributed by atoms with Crippen LogP contribution in [-0.4, -0.2) is 29.1 Å². The summed E-state index contributed by atoms with van der Waals surface area (Å²) in [4.78, 5) is 21.1. The van der Waals surface area contributed by atoms with Crippen LogP contribution >= 0.6 is 0 Å². The van der Waals surface area contributed by atoms with E-state index in [9.17, 15) is 4.79 Å². The van der Waals surface area contributed by atoms with Crippen molar-refractivity contribution in [3.63, 3.8) is 0 Å². The molecule has 1 saturated carbocycles. The largest absolute Gasteiger partial charge is 0.363 e. The number of nitrogens with zero attached hydrogens (tertiary/aromatic N) is 2. The lowest BCUT2D eigenvalue weighted by Crippen LogP contribution is -2.18. The Kier molecular flexibility index (Phi) is 3.00. The number of hydrogen-bond donors (Lipinski definition) is 1. The Labute approximate surface area is 119 Å². The molecule has 4 nitrogen and oxygen atoms in total. The van der Waals surface area contributed by atoms with E-state index in [4.69, 9.17) is 7.85 Å². The fourth-order valence-corrected chi connectivity index (χ4v) is 2.22. The number of para-hydroxylation sites is 1. The van der Waals surface area contributed by atoms with E-state index < -0.39 is 0 Å². The first-order valence-electron chi connectivity index (χ1n) is 6.81. The number of carbonyl (C=O) groups excluding carboxylic acids is 1. The van der Waals surface area contributed by atoms with Gasteiger partial charge in [-0.3, -0.25) is 4.79 Å². The van der Waals surface area contributed by atoms with Gasteiger partial charge >= 0.3 is 0 Å². The van der Waals surface area contributed by atoms with Crippen LogP contribution in [0.1, 0.15) is 35.8 Å². The van der Waals surface area contributed by atoms with Crippen LogP contribution in [0.5, 0.6) is 0 Å². The molecule has 20 heavy (non-hydrogen) atoms. The van der Waals surface area contributed by atoms with Crippen molar-refractivity contribution >= 4 is 30.5 Å². The van der Waals surface area contributed by atoms with E-state index in [1.54, 1.807) is 6.07 Å². The molecule has 1 aliphatic carbocycles. The van der Waals surface area contributed by atoms with Gasteiger partial charge in [0.15, 0.2) is 5.78 Å². The summed E-state index contributed by atoms with van der Waals surface area (Å²) in [5.74, 6) is 0.645. The van der Waals surface area contributed by atoms with E-state index in [2.05, 4.69) is 22.2 Å². The van der Waals surface area contributed by atoms with E-state index in [0.717, 1.165) is 29.9 Å². The molecule has 1 N–H and O–H groups in total. The van der Waals surface area contributed by atoms with Gasteiger partial charge in [-0.05, 0) is 45.1 Å². The lowest BCUT2D eigenvalue weighted by Gasteiger charge is -2.15. The molecule has 0 spiro atoms. The molecule has 0 aliphatic heterocycles. The van der Waals surface area contributed by atoms with Crippen molar-refractivity contribution in [1.82, 2.24) is 9.97 Å². The summed E-state index contributed by atoms with van der Waals surface area (Å²) in [6, 6.07) is 5.43. The molecule has 5 heteroatoms.